The third kappa shape index (κ3) is 3.94. The first-order chi connectivity index (χ1) is 14.2. The molecular formula is C22H23N3O4. The van der Waals surface area contributed by atoms with Gasteiger partial charge in [0.2, 0.25) is 0 Å². The number of carbonyl (C=O) groups excluding carboxylic acids is 1. The number of benzene rings is 2. The van der Waals surface area contributed by atoms with Crippen LogP contribution in [0.5, 0.6) is 11.5 Å². The highest BCUT2D eigenvalue weighted by Crippen LogP contribution is 2.30. The molecule has 1 aliphatic rings. The first-order valence-electron chi connectivity index (χ1n) is 9.84. The standard InChI is InChI=1S/C22H23N3O4/c1-2-3-12-25-22(27)17-9-5-4-8-16(17)20(24-25)21(26)23-13-15-14-28-18-10-6-7-11-19(18)29-15/h4-11,15H,2-3,12-14H2,1H3,(H,23,26)/t15-/m1/s1. The summed E-state index contributed by atoms with van der Waals surface area (Å²) in [6.07, 6.45) is 1.45. The van der Waals surface area contributed by atoms with Gasteiger partial charge in [0.1, 0.15) is 12.7 Å². The topological polar surface area (TPSA) is 82.5 Å². The van der Waals surface area contributed by atoms with Gasteiger partial charge in [-0.2, -0.15) is 5.10 Å². The monoisotopic (exact) mass is 393 g/mol. The predicted octanol–water partition coefficient (Wildman–Crippen LogP) is 2.77. The van der Waals surface area contributed by atoms with Crippen molar-refractivity contribution in [2.45, 2.75) is 32.4 Å². The van der Waals surface area contributed by atoms with E-state index in [1.165, 1.54) is 4.68 Å². The summed E-state index contributed by atoms with van der Waals surface area (Å²) >= 11 is 0. The first-order valence-corrected chi connectivity index (χ1v) is 9.84. The number of unbranched alkanes of at least 4 members (excludes halogenated alkanes) is 1. The average molecular weight is 393 g/mol. The summed E-state index contributed by atoms with van der Waals surface area (Å²) in [5, 5.41) is 8.28. The number of ether oxygens (including phenoxy) is 2. The van der Waals surface area contributed by atoms with E-state index >= 15 is 0 Å². The average Bonchev–Trinajstić information content (AvgIpc) is 2.77. The van der Waals surface area contributed by atoms with E-state index in [9.17, 15) is 9.59 Å². The molecule has 1 aliphatic heterocycles. The third-order valence-corrected chi connectivity index (χ3v) is 4.86. The number of carbonyl (C=O) groups is 1. The van der Waals surface area contributed by atoms with Crippen LogP contribution in [0.4, 0.5) is 0 Å². The molecule has 2 heterocycles. The normalized spacial score (nSPS) is 15.3. The Kier molecular flexibility index (Phi) is 5.46. The molecular weight excluding hydrogens is 370 g/mol. The van der Waals surface area contributed by atoms with Gasteiger partial charge in [0.25, 0.3) is 11.5 Å². The Morgan fingerprint density at radius 2 is 1.86 bits per heavy atom. The van der Waals surface area contributed by atoms with Gasteiger partial charge in [-0.05, 0) is 24.6 Å². The van der Waals surface area contributed by atoms with Crippen LogP contribution in [0.1, 0.15) is 30.3 Å². The summed E-state index contributed by atoms with van der Waals surface area (Å²) in [6.45, 7) is 3.15. The Hall–Kier alpha value is -3.35. The van der Waals surface area contributed by atoms with Gasteiger partial charge in [0.05, 0.1) is 11.9 Å². The fourth-order valence-corrected chi connectivity index (χ4v) is 3.32. The minimum atomic E-state index is -0.339. The van der Waals surface area contributed by atoms with E-state index < -0.39 is 0 Å². The lowest BCUT2D eigenvalue weighted by Gasteiger charge is -2.26. The molecule has 0 unspecified atom stereocenters. The van der Waals surface area contributed by atoms with E-state index in [1.54, 1.807) is 24.3 Å². The lowest BCUT2D eigenvalue weighted by molar-refractivity contribution is 0.0786. The molecule has 1 N–H and O–H groups in total. The van der Waals surface area contributed by atoms with Crippen molar-refractivity contribution in [1.29, 1.82) is 0 Å². The van der Waals surface area contributed by atoms with Crippen molar-refractivity contribution in [3.8, 4) is 11.5 Å². The molecule has 150 valence electrons. The van der Waals surface area contributed by atoms with Crippen molar-refractivity contribution in [2.24, 2.45) is 0 Å². The van der Waals surface area contributed by atoms with Crippen LogP contribution in [-0.2, 0) is 6.54 Å². The zero-order chi connectivity index (χ0) is 20.2. The molecule has 0 fully saturated rings. The summed E-state index contributed by atoms with van der Waals surface area (Å²) in [5.74, 6) is 1.02. The zero-order valence-corrected chi connectivity index (χ0v) is 16.3. The largest absolute Gasteiger partial charge is 0.486 e. The molecule has 0 radical (unpaired) electrons. The number of rotatable bonds is 6. The van der Waals surface area contributed by atoms with Crippen LogP contribution in [0.3, 0.4) is 0 Å². The summed E-state index contributed by atoms with van der Waals surface area (Å²) in [5.41, 5.74) is 0.0691. The number of amides is 1. The van der Waals surface area contributed by atoms with E-state index in [4.69, 9.17) is 9.47 Å². The zero-order valence-electron chi connectivity index (χ0n) is 16.3. The Morgan fingerprint density at radius 1 is 1.14 bits per heavy atom. The van der Waals surface area contributed by atoms with Crippen molar-refractivity contribution in [1.82, 2.24) is 15.1 Å². The van der Waals surface area contributed by atoms with Crippen LogP contribution in [-0.4, -0.2) is 34.9 Å². The Balaban J connectivity index is 1.54. The van der Waals surface area contributed by atoms with Crippen molar-refractivity contribution in [2.75, 3.05) is 13.2 Å². The van der Waals surface area contributed by atoms with Gasteiger partial charge >= 0.3 is 0 Å². The minimum Gasteiger partial charge on any atom is -0.486 e. The number of aromatic nitrogens is 2. The maximum absolute atomic E-state index is 12.9. The van der Waals surface area contributed by atoms with Crippen LogP contribution < -0.4 is 20.3 Å². The van der Waals surface area contributed by atoms with Crippen LogP contribution in [0.2, 0.25) is 0 Å². The van der Waals surface area contributed by atoms with Crippen molar-refractivity contribution in [3.05, 3.63) is 64.6 Å². The molecule has 0 saturated heterocycles. The lowest BCUT2D eigenvalue weighted by Crippen LogP contribution is -2.41. The summed E-state index contributed by atoms with van der Waals surface area (Å²) in [4.78, 5) is 25.6. The van der Waals surface area contributed by atoms with E-state index in [0.29, 0.717) is 35.4 Å². The molecule has 3 aromatic rings. The highest BCUT2D eigenvalue weighted by Gasteiger charge is 2.23. The Morgan fingerprint density at radius 3 is 2.66 bits per heavy atom. The van der Waals surface area contributed by atoms with Crippen molar-refractivity contribution < 1.29 is 14.3 Å². The molecule has 0 aliphatic carbocycles. The number of hydrogen-bond donors (Lipinski definition) is 1. The second-order valence-corrected chi connectivity index (χ2v) is 6.98. The van der Waals surface area contributed by atoms with Gasteiger partial charge in [-0.25, -0.2) is 4.68 Å². The fraction of sp³-hybridized carbons (Fsp3) is 0.318. The van der Waals surface area contributed by atoms with Crippen molar-refractivity contribution in [3.63, 3.8) is 0 Å². The van der Waals surface area contributed by atoms with Crippen LogP contribution in [0.25, 0.3) is 10.8 Å². The quantitative estimate of drug-likeness (QED) is 0.696. The smallest absolute Gasteiger partial charge is 0.274 e. The molecule has 0 bridgehead atoms. The molecule has 29 heavy (non-hydrogen) atoms. The summed E-state index contributed by atoms with van der Waals surface area (Å²) in [7, 11) is 0. The Bertz CT molecular complexity index is 1090. The fourth-order valence-electron chi connectivity index (χ4n) is 3.32. The maximum atomic E-state index is 12.9. The highest BCUT2D eigenvalue weighted by atomic mass is 16.6. The number of nitrogens with zero attached hydrogens (tertiary/aromatic N) is 2. The molecule has 1 amide bonds. The lowest BCUT2D eigenvalue weighted by atomic mass is 10.1. The number of fused-ring (bicyclic) bond motifs is 2. The van der Waals surface area contributed by atoms with Crippen LogP contribution in [0, 0.1) is 0 Å². The van der Waals surface area contributed by atoms with Crippen molar-refractivity contribution >= 4 is 16.7 Å². The molecule has 1 atom stereocenters. The minimum absolute atomic E-state index is 0.175. The second-order valence-electron chi connectivity index (χ2n) is 6.98. The van der Waals surface area contributed by atoms with Crippen LogP contribution >= 0.6 is 0 Å². The summed E-state index contributed by atoms with van der Waals surface area (Å²) < 4.78 is 13.0. The number of para-hydroxylation sites is 2. The van der Waals surface area contributed by atoms with Gasteiger partial charge in [0.15, 0.2) is 17.2 Å². The maximum Gasteiger partial charge on any atom is 0.274 e. The van der Waals surface area contributed by atoms with E-state index in [-0.39, 0.29) is 29.8 Å². The number of hydrogen-bond acceptors (Lipinski definition) is 5. The summed E-state index contributed by atoms with van der Waals surface area (Å²) in [6, 6.07) is 14.5. The molecule has 4 rings (SSSR count). The van der Waals surface area contributed by atoms with Gasteiger partial charge in [-0.15, -0.1) is 0 Å². The Labute approximate surface area is 168 Å². The molecule has 7 heteroatoms. The number of aryl methyl sites for hydroxylation is 1. The first kappa shape index (κ1) is 19.0. The predicted molar refractivity (Wildman–Crippen MR) is 110 cm³/mol. The van der Waals surface area contributed by atoms with E-state index in [0.717, 1.165) is 12.8 Å². The number of nitrogens with one attached hydrogen (secondary N) is 1. The molecule has 0 spiro atoms. The third-order valence-electron chi connectivity index (χ3n) is 4.86. The highest BCUT2D eigenvalue weighted by molar-refractivity contribution is 6.04. The molecule has 7 nitrogen and oxygen atoms in total. The van der Waals surface area contributed by atoms with Crippen LogP contribution in [0.15, 0.2) is 53.3 Å². The van der Waals surface area contributed by atoms with Gasteiger partial charge in [-0.1, -0.05) is 43.7 Å². The van der Waals surface area contributed by atoms with E-state index in [2.05, 4.69) is 10.4 Å². The molecule has 2 aromatic carbocycles. The van der Waals surface area contributed by atoms with E-state index in [1.807, 2.05) is 31.2 Å². The second kappa shape index (κ2) is 8.34. The molecule has 1 aromatic heterocycles. The van der Waals surface area contributed by atoms with Gasteiger partial charge in [0, 0.05) is 11.9 Å². The SMILES string of the molecule is CCCCn1nc(C(=O)NC[C@@H]2COc3ccccc3O2)c2ccccc2c1=O. The van der Waals surface area contributed by atoms with Gasteiger partial charge < -0.3 is 14.8 Å². The van der Waals surface area contributed by atoms with Gasteiger partial charge in [-0.3, -0.25) is 9.59 Å². The molecule has 0 saturated carbocycles.